The quantitative estimate of drug-likeness (QED) is 0.889. The van der Waals surface area contributed by atoms with Crippen LogP contribution in [-0.2, 0) is 11.2 Å². The summed E-state index contributed by atoms with van der Waals surface area (Å²) in [4.78, 5) is 12.7. The van der Waals surface area contributed by atoms with E-state index in [0.29, 0.717) is 12.5 Å². The van der Waals surface area contributed by atoms with Crippen molar-refractivity contribution >= 4 is 30.1 Å². The van der Waals surface area contributed by atoms with E-state index in [1.165, 1.54) is 24.0 Å². The molecule has 1 amide bonds. The van der Waals surface area contributed by atoms with Crippen molar-refractivity contribution in [2.24, 2.45) is 11.7 Å². The Morgan fingerprint density at radius 2 is 2.05 bits per heavy atom. The molecule has 0 aromatic heterocycles. The van der Waals surface area contributed by atoms with Crippen LogP contribution in [0.15, 0.2) is 24.3 Å². The number of fused-ring (bicyclic) bond motifs is 1. The highest BCUT2D eigenvalue weighted by Crippen LogP contribution is 2.37. The van der Waals surface area contributed by atoms with Crippen LogP contribution in [0, 0.1) is 5.92 Å². The lowest BCUT2D eigenvalue weighted by Gasteiger charge is -2.33. The zero-order valence-corrected chi connectivity index (χ0v) is 14.4. The fourth-order valence-corrected chi connectivity index (χ4v) is 4.75. The molecule has 1 aliphatic heterocycles. The molecular formula is C17H25ClN2OS. The highest BCUT2D eigenvalue weighted by molar-refractivity contribution is 8.00. The molecule has 1 heterocycles. The van der Waals surface area contributed by atoms with Crippen LogP contribution >= 0.6 is 24.2 Å². The van der Waals surface area contributed by atoms with Gasteiger partial charge in [0.15, 0.2) is 0 Å². The van der Waals surface area contributed by atoms with E-state index in [0.717, 1.165) is 25.0 Å². The standard InChI is InChI=1S/C17H24N2OS.ClH/c18-11-13-6-2-4-8-15(13)19-17(20)16-14-7-3-1-5-12(14)9-10-21-16;/h1,3,5,7,13,15-16H,2,4,6,8-11,18H2,(H,19,20);1H. The lowest BCUT2D eigenvalue weighted by molar-refractivity contribution is -0.122. The number of nitrogens with two attached hydrogens (primary N) is 1. The lowest BCUT2D eigenvalue weighted by atomic mass is 9.84. The van der Waals surface area contributed by atoms with Crippen LogP contribution in [0.2, 0.25) is 0 Å². The van der Waals surface area contributed by atoms with Crippen LogP contribution in [0.4, 0.5) is 0 Å². The van der Waals surface area contributed by atoms with Crippen molar-refractivity contribution in [3.05, 3.63) is 35.4 Å². The lowest BCUT2D eigenvalue weighted by Crippen LogP contribution is -2.46. The first-order chi connectivity index (χ1) is 10.3. The summed E-state index contributed by atoms with van der Waals surface area (Å²) in [6.07, 6.45) is 5.74. The van der Waals surface area contributed by atoms with Crippen LogP contribution in [-0.4, -0.2) is 24.2 Å². The summed E-state index contributed by atoms with van der Waals surface area (Å²) in [6.45, 7) is 0.680. The Hall–Kier alpha value is -0.710. The van der Waals surface area contributed by atoms with Crippen molar-refractivity contribution < 1.29 is 4.79 Å². The highest BCUT2D eigenvalue weighted by Gasteiger charge is 2.31. The number of hydrogen-bond donors (Lipinski definition) is 2. The number of amides is 1. The normalized spacial score (nSPS) is 27.4. The molecule has 122 valence electrons. The van der Waals surface area contributed by atoms with Crippen LogP contribution < -0.4 is 11.1 Å². The van der Waals surface area contributed by atoms with Crippen LogP contribution in [0.25, 0.3) is 0 Å². The van der Waals surface area contributed by atoms with Gasteiger partial charge in [-0.2, -0.15) is 0 Å². The van der Waals surface area contributed by atoms with E-state index < -0.39 is 0 Å². The number of hydrogen-bond acceptors (Lipinski definition) is 3. The average Bonchev–Trinajstić information content (AvgIpc) is 2.54. The first-order valence-corrected chi connectivity index (χ1v) is 9.04. The summed E-state index contributed by atoms with van der Waals surface area (Å²) in [5.74, 6) is 1.66. The first-order valence-electron chi connectivity index (χ1n) is 7.99. The van der Waals surface area contributed by atoms with Gasteiger partial charge in [-0.1, -0.05) is 37.1 Å². The number of nitrogens with one attached hydrogen (secondary N) is 1. The molecule has 0 bridgehead atoms. The Labute approximate surface area is 143 Å². The molecule has 1 fully saturated rings. The Balaban J connectivity index is 0.00000176. The Bertz CT molecular complexity index is 511. The zero-order valence-electron chi connectivity index (χ0n) is 12.8. The van der Waals surface area contributed by atoms with Gasteiger partial charge in [0, 0.05) is 6.04 Å². The molecule has 3 rings (SSSR count). The number of carbonyl (C=O) groups excluding carboxylic acids is 1. The van der Waals surface area contributed by atoms with Crippen molar-refractivity contribution in [1.82, 2.24) is 5.32 Å². The van der Waals surface area contributed by atoms with Crippen molar-refractivity contribution in [1.29, 1.82) is 0 Å². The molecular weight excluding hydrogens is 316 g/mol. The van der Waals surface area contributed by atoms with E-state index in [4.69, 9.17) is 5.73 Å². The first kappa shape index (κ1) is 17.6. The Morgan fingerprint density at radius 1 is 1.27 bits per heavy atom. The summed E-state index contributed by atoms with van der Waals surface area (Å²) in [7, 11) is 0. The number of rotatable bonds is 3. The SMILES string of the molecule is Cl.NCC1CCCCC1NC(=O)C1SCCc2ccccc21. The molecule has 5 heteroatoms. The average molecular weight is 341 g/mol. The molecule has 1 aromatic rings. The minimum Gasteiger partial charge on any atom is -0.352 e. The predicted molar refractivity (Wildman–Crippen MR) is 95.5 cm³/mol. The van der Waals surface area contributed by atoms with E-state index in [1.807, 2.05) is 6.07 Å². The van der Waals surface area contributed by atoms with Gasteiger partial charge in [0.1, 0.15) is 5.25 Å². The molecule has 1 aliphatic carbocycles. The van der Waals surface area contributed by atoms with Gasteiger partial charge in [-0.25, -0.2) is 0 Å². The minimum absolute atomic E-state index is 0. The third-order valence-corrected chi connectivity index (χ3v) is 6.01. The molecule has 1 saturated carbocycles. The van der Waals surface area contributed by atoms with Gasteiger partial charge in [-0.3, -0.25) is 4.79 Å². The molecule has 3 atom stereocenters. The Kier molecular flexibility index (Phi) is 6.60. The van der Waals surface area contributed by atoms with Crippen molar-refractivity contribution in [3.8, 4) is 0 Å². The topological polar surface area (TPSA) is 55.1 Å². The maximum Gasteiger partial charge on any atom is 0.237 e. The number of carbonyl (C=O) groups is 1. The summed E-state index contributed by atoms with van der Waals surface area (Å²) in [5.41, 5.74) is 8.40. The van der Waals surface area contributed by atoms with Gasteiger partial charge in [0.25, 0.3) is 0 Å². The number of thioether (sulfide) groups is 1. The van der Waals surface area contributed by atoms with Crippen molar-refractivity contribution in [2.45, 2.75) is 43.4 Å². The second kappa shape index (κ2) is 8.23. The smallest absolute Gasteiger partial charge is 0.237 e. The Morgan fingerprint density at radius 3 is 2.86 bits per heavy atom. The summed E-state index contributed by atoms with van der Waals surface area (Å²) < 4.78 is 0. The second-order valence-electron chi connectivity index (χ2n) is 6.09. The predicted octanol–water partition coefficient (Wildman–Crippen LogP) is 3.07. The molecule has 0 radical (unpaired) electrons. The van der Waals surface area contributed by atoms with Crippen LogP contribution in [0.3, 0.4) is 0 Å². The minimum atomic E-state index is -0.0460. The maximum atomic E-state index is 12.7. The fourth-order valence-electron chi connectivity index (χ4n) is 3.55. The van der Waals surface area contributed by atoms with Crippen LogP contribution in [0.5, 0.6) is 0 Å². The molecule has 0 saturated heterocycles. The molecule has 0 spiro atoms. The third-order valence-electron chi connectivity index (χ3n) is 4.77. The highest BCUT2D eigenvalue weighted by atomic mass is 35.5. The van der Waals surface area contributed by atoms with E-state index in [1.54, 1.807) is 11.8 Å². The number of aryl methyl sites for hydroxylation is 1. The molecule has 3 unspecified atom stereocenters. The van der Waals surface area contributed by atoms with E-state index in [-0.39, 0.29) is 29.6 Å². The van der Waals surface area contributed by atoms with Crippen LogP contribution in [0.1, 0.15) is 42.1 Å². The van der Waals surface area contributed by atoms with Gasteiger partial charge >= 0.3 is 0 Å². The van der Waals surface area contributed by atoms with Crippen molar-refractivity contribution in [3.63, 3.8) is 0 Å². The molecule has 2 aliphatic rings. The monoisotopic (exact) mass is 340 g/mol. The fraction of sp³-hybridized carbons (Fsp3) is 0.588. The zero-order chi connectivity index (χ0) is 14.7. The summed E-state index contributed by atoms with van der Waals surface area (Å²) in [5, 5.41) is 3.24. The number of halogens is 1. The van der Waals surface area contributed by atoms with Gasteiger partial charge in [0.05, 0.1) is 0 Å². The van der Waals surface area contributed by atoms with Crippen molar-refractivity contribution in [2.75, 3.05) is 12.3 Å². The van der Waals surface area contributed by atoms with E-state index in [9.17, 15) is 4.79 Å². The summed E-state index contributed by atoms with van der Waals surface area (Å²) >= 11 is 1.77. The number of benzene rings is 1. The van der Waals surface area contributed by atoms with Gasteiger partial charge in [-0.05, 0) is 48.6 Å². The molecule has 3 nitrogen and oxygen atoms in total. The largest absolute Gasteiger partial charge is 0.352 e. The summed E-state index contributed by atoms with van der Waals surface area (Å²) in [6, 6.07) is 8.63. The van der Waals surface area contributed by atoms with Gasteiger partial charge in [-0.15, -0.1) is 24.2 Å². The van der Waals surface area contributed by atoms with Gasteiger partial charge in [0.2, 0.25) is 5.91 Å². The van der Waals surface area contributed by atoms with E-state index in [2.05, 4.69) is 23.5 Å². The molecule has 22 heavy (non-hydrogen) atoms. The van der Waals surface area contributed by atoms with Gasteiger partial charge < -0.3 is 11.1 Å². The maximum absolute atomic E-state index is 12.7. The second-order valence-corrected chi connectivity index (χ2v) is 7.31. The molecule has 3 N–H and O–H groups in total. The third kappa shape index (κ3) is 3.79. The van der Waals surface area contributed by atoms with E-state index >= 15 is 0 Å². The molecule has 1 aromatic carbocycles.